The van der Waals surface area contributed by atoms with E-state index in [4.69, 9.17) is 5.73 Å². The lowest BCUT2D eigenvalue weighted by atomic mass is 9.84. The van der Waals surface area contributed by atoms with Gasteiger partial charge in [0.1, 0.15) is 5.75 Å². The molecule has 0 radical (unpaired) electrons. The summed E-state index contributed by atoms with van der Waals surface area (Å²) in [5, 5.41) is 0. The number of hydrogen-bond acceptors (Lipinski definition) is 2. The van der Waals surface area contributed by atoms with Crippen LogP contribution in [0.4, 0.5) is 13.2 Å². The molecule has 0 aliphatic heterocycles. The van der Waals surface area contributed by atoms with Crippen molar-refractivity contribution in [2.24, 2.45) is 11.7 Å². The summed E-state index contributed by atoms with van der Waals surface area (Å²) in [4.78, 5) is 11.5. The number of para-hydroxylation sites is 1. The SMILES string of the molecule is CCCC(C(N)=O)[C@H](C)c1ccccc1OC(F)(F)F. The van der Waals surface area contributed by atoms with Gasteiger partial charge in [0.2, 0.25) is 5.91 Å². The fraction of sp³-hybridized carbons (Fsp3) is 0.500. The summed E-state index contributed by atoms with van der Waals surface area (Å²) in [5.74, 6) is -1.75. The third-order valence-corrected chi connectivity index (χ3v) is 3.20. The molecule has 1 aromatic rings. The zero-order valence-electron chi connectivity index (χ0n) is 11.4. The smallest absolute Gasteiger partial charge is 0.405 e. The zero-order chi connectivity index (χ0) is 15.3. The second kappa shape index (κ2) is 6.63. The Morgan fingerprint density at radius 1 is 1.35 bits per heavy atom. The second-order valence-corrected chi connectivity index (χ2v) is 4.67. The van der Waals surface area contributed by atoms with Gasteiger partial charge in [-0.3, -0.25) is 4.79 Å². The molecule has 0 spiro atoms. The Bertz CT molecular complexity index is 460. The summed E-state index contributed by atoms with van der Waals surface area (Å²) >= 11 is 0. The molecular formula is C14H18F3NO2. The van der Waals surface area contributed by atoms with Crippen molar-refractivity contribution in [3.05, 3.63) is 29.8 Å². The molecule has 0 fully saturated rings. The van der Waals surface area contributed by atoms with Crippen LogP contribution in [0.5, 0.6) is 5.75 Å². The zero-order valence-corrected chi connectivity index (χ0v) is 11.4. The third kappa shape index (κ3) is 4.43. The van der Waals surface area contributed by atoms with Crippen molar-refractivity contribution >= 4 is 5.91 Å². The number of nitrogens with two attached hydrogens (primary N) is 1. The molecule has 20 heavy (non-hydrogen) atoms. The van der Waals surface area contributed by atoms with E-state index in [1.54, 1.807) is 13.0 Å². The fourth-order valence-electron chi connectivity index (χ4n) is 2.24. The van der Waals surface area contributed by atoms with Gasteiger partial charge in [0, 0.05) is 5.92 Å². The first-order valence-electron chi connectivity index (χ1n) is 6.40. The van der Waals surface area contributed by atoms with Crippen molar-refractivity contribution in [3.63, 3.8) is 0 Å². The molecule has 0 saturated heterocycles. The highest BCUT2D eigenvalue weighted by molar-refractivity contribution is 5.77. The molecule has 0 aliphatic carbocycles. The number of halogens is 3. The highest BCUT2D eigenvalue weighted by Crippen LogP contribution is 2.36. The van der Waals surface area contributed by atoms with Crippen LogP contribution in [0.25, 0.3) is 0 Å². The first kappa shape index (κ1) is 16.3. The van der Waals surface area contributed by atoms with Gasteiger partial charge in [-0.25, -0.2) is 0 Å². The minimum absolute atomic E-state index is 0.283. The summed E-state index contributed by atoms with van der Waals surface area (Å²) < 4.78 is 41.1. The molecule has 1 unspecified atom stereocenters. The van der Waals surface area contributed by atoms with Gasteiger partial charge >= 0.3 is 6.36 Å². The maximum atomic E-state index is 12.4. The van der Waals surface area contributed by atoms with Crippen LogP contribution >= 0.6 is 0 Å². The number of benzene rings is 1. The van der Waals surface area contributed by atoms with Gasteiger partial charge in [0.25, 0.3) is 0 Å². The monoisotopic (exact) mass is 289 g/mol. The molecular weight excluding hydrogens is 271 g/mol. The van der Waals surface area contributed by atoms with Gasteiger partial charge < -0.3 is 10.5 Å². The standard InChI is InChI=1S/C14H18F3NO2/c1-3-6-11(13(18)19)9(2)10-7-4-5-8-12(10)20-14(15,16)17/h4-5,7-9,11H,3,6H2,1-2H3,(H2,18,19)/t9-,11?/m1/s1. The third-order valence-electron chi connectivity index (χ3n) is 3.20. The molecule has 2 atom stereocenters. The minimum Gasteiger partial charge on any atom is -0.405 e. The number of ether oxygens (including phenoxy) is 1. The molecule has 1 rings (SSSR count). The molecule has 6 heteroatoms. The summed E-state index contributed by atoms with van der Waals surface area (Å²) in [7, 11) is 0. The van der Waals surface area contributed by atoms with Crippen LogP contribution in [0.15, 0.2) is 24.3 Å². The lowest BCUT2D eigenvalue weighted by Crippen LogP contribution is -2.28. The number of primary amides is 1. The van der Waals surface area contributed by atoms with E-state index in [9.17, 15) is 18.0 Å². The van der Waals surface area contributed by atoms with E-state index in [-0.39, 0.29) is 5.75 Å². The quantitative estimate of drug-likeness (QED) is 0.870. The second-order valence-electron chi connectivity index (χ2n) is 4.67. The lowest BCUT2D eigenvalue weighted by Gasteiger charge is -2.23. The Balaban J connectivity index is 3.08. The first-order valence-corrected chi connectivity index (χ1v) is 6.40. The largest absolute Gasteiger partial charge is 0.573 e. The average Bonchev–Trinajstić information content (AvgIpc) is 2.33. The predicted molar refractivity (Wildman–Crippen MR) is 69.1 cm³/mol. The van der Waals surface area contributed by atoms with Gasteiger partial charge in [-0.1, -0.05) is 38.5 Å². The number of amides is 1. The average molecular weight is 289 g/mol. The van der Waals surface area contributed by atoms with E-state index in [1.807, 2.05) is 6.92 Å². The predicted octanol–water partition coefficient (Wildman–Crippen LogP) is 3.59. The Hall–Kier alpha value is -1.72. The highest BCUT2D eigenvalue weighted by Gasteiger charge is 2.34. The number of rotatable bonds is 6. The number of carbonyl (C=O) groups excluding carboxylic acids is 1. The molecule has 0 aromatic heterocycles. The Labute approximate surface area is 115 Å². The fourth-order valence-corrected chi connectivity index (χ4v) is 2.24. The number of alkyl halides is 3. The Morgan fingerprint density at radius 3 is 2.45 bits per heavy atom. The maximum Gasteiger partial charge on any atom is 0.573 e. The van der Waals surface area contributed by atoms with E-state index in [0.29, 0.717) is 12.0 Å². The van der Waals surface area contributed by atoms with Crippen molar-refractivity contribution in [1.29, 1.82) is 0 Å². The summed E-state index contributed by atoms with van der Waals surface area (Å²) in [6.45, 7) is 3.57. The van der Waals surface area contributed by atoms with Crippen LogP contribution in [0.3, 0.4) is 0 Å². The molecule has 2 N–H and O–H groups in total. The van der Waals surface area contributed by atoms with Crippen molar-refractivity contribution in [2.75, 3.05) is 0 Å². The van der Waals surface area contributed by atoms with Gasteiger partial charge in [-0.05, 0) is 24.0 Å². The van der Waals surface area contributed by atoms with E-state index in [1.165, 1.54) is 18.2 Å². The van der Waals surface area contributed by atoms with Gasteiger partial charge in [0.15, 0.2) is 0 Å². The minimum atomic E-state index is -4.76. The van der Waals surface area contributed by atoms with Crippen LogP contribution in [0.2, 0.25) is 0 Å². The molecule has 0 aliphatic rings. The van der Waals surface area contributed by atoms with E-state index < -0.39 is 24.1 Å². The first-order chi connectivity index (χ1) is 9.26. The van der Waals surface area contributed by atoms with E-state index >= 15 is 0 Å². The number of hydrogen-bond donors (Lipinski definition) is 1. The molecule has 112 valence electrons. The lowest BCUT2D eigenvalue weighted by molar-refractivity contribution is -0.275. The summed E-state index contributed by atoms with van der Waals surface area (Å²) in [6, 6.07) is 5.83. The van der Waals surface area contributed by atoms with Gasteiger partial charge in [-0.2, -0.15) is 0 Å². The Kier molecular flexibility index (Phi) is 5.42. The molecule has 0 bridgehead atoms. The highest BCUT2D eigenvalue weighted by atomic mass is 19.4. The summed E-state index contributed by atoms with van der Waals surface area (Å²) in [5.41, 5.74) is 5.67. The van der Waals surface area contributed by atoms with E-state index in [2.05, 4.69) is 4.74 Å². The Morgan fingerprint density at radius 2 is 1.95 bits per heavy atom. The van der Waals surface area contributed by atoms with Crippen molar-refractivity contribution < 1.29 is 22.7 Å². The van der Waals surface area contributed by atoms with Crippen LogP contribution in [-0.2, 0) is 4.79 Å². The molecule has 1 amide bonds. The van der Waals surface area contributed by atoms with Crippen LogP contribution in [-0.4, -0.2) is 12.3 Å². The molecule has 3 nitrogen and oxygen atoms in total. The molecule has 0 heterocycles. The maximum absolute atomic E-state index is 12.4. The van der Waals surface area contributed by atoms with Crippen molar-refractivity contribution in [3.8, 4) is 5.75 Å². The van der Waals surface area contributed by atoms with Gasteiger partial charge in [-0.15, -0.1) is 13.2 Å². The van der Waals surface area contributed by atoms with Crippen molar-refractivity contribution in [1.82, 2.24) is 0 Å². The van der Waals surface area contributed by atoms with Crippen LogP contribution in [0, 0.1) is 5.92 Å². The van der Waals surface area contributed by atoms with Crippen molar-refractivity contribution in [2.45, 2.75) is 39.0 Å². The van der Waals surface area contributed by atoms with Crippen LogP contribution < -0.4 is 10.5 Å². The molecule has 0 saturated carbocycles. The van der Waals surface area contributed by atoms with Crippen LogP contribution in [0.1, 0.15) is 38.2 Å². The van der Waals surface area contributed by atoms with E-state index in [0.717, 1.165) is 6.42 Å². The number of carbonyl (C=O) groups is 1. The molecule has 1 aromatic carbocycles. The normalized spacial score (nSPS) is 14.7. The summed E-state index contributed by atoms with van der Waals surface area (Å²) in [6.07, 6.45) is -3.51. The van der Waals surface area contributed by atoms with Gasteiger partial charge in [0.05, 0.1) is 0 Å². The topological polar surface area (TPSA) is 52.3 Å².